The quantitative estimate of drug-likeness (QED) is 0.657. The van der Waals surface area contributed by atoms with E-state index in [1.165, 1.54) is 0 Å². The molecule has 0 aliphatic rings. The summed E-state index contributed by atoms with van der Waals surface area (Å²) in [7, 11) is 0. The van der Waals surface area contributed by atoms with Gasteiger partial charge in [0.15, 0.2) is 0 Å². The lowest BCUT2D eigenvalue weighted by molar-refractivity contribution is 0.287. The van der Waals surface area contributed by atoms with Crippen LogP contribution in [0, 0.1) is 0 Å². The molecular formula is C13H28O. The van der Waals surface area contributed by atoms with Crippen molar-refractivity contribution in [2.45, 2.75) is 40.5 Å². The zero-order valence-electron chi connectivity index (χ0n) is 10.4. The topological polar surface area (TPSA) is 20.2 Å². The van der Waals surface area contributed by atoms with Crippen LogP contribution in [-0.4, -0.2) is 11.7 Å². The molecule has 0 fully saturated rings. The lowest BCUT2D eigenvalue weighted by Crippen LogP contribution is -1.75. The third-order valence-electron chi connectivity index (χ3n) is 0.512. The van der Waals surface area contributed by atoms with Gasteiger partial charge in [-0.3, -0.25) is 0 Å². The Balaban J connectivity index is -0.0000000495. The molecule has 86 valence electrons. The highest BCUT2D eigenvalue weighted by Crippen LogP contribution is 1.78. The van der Waals surface area contributed by atoms with E-state index in [4.69, 9.17) is 5.11 Å². The molecule has 0 heterocycles. The van der Waals surface area contributed by atoms with Crippen molar-refractivity contribution in [1.29, 1.82) is 0 Å². The molecule has 0 aromatic heterocycles. The minimum atomic E-state index is 0.344. The van der Waals surface area contributed by atoms with Crippen LogP contribution in [0.15, 0.2) is 38.0 Å². The largest absolute Gasteiger partial charge is 0.396 e. The first-order valence-corrected chi connectivity index (χ1v) is 4.98. The summed E-state index contributed by atoms with van der Waals surface area (Å²) in [6.07, 6.45) is 7.29. The Bertz CT molecular complexity index is 69.0. The highest BCUT2D eigenvalue weighted by molar-refractivity contribution is 4.52. The summed E-state index contributed by atoms with van der Waals surface area (Å²) < 4.78 is 0. The Morgan fingerprint density at radius 1 is 0.929 bits per heavy atom. The van der Waals surface area contributed by atoms with E-state index in [2.05, 4.69) is 26.7 Å². The lowest BCUT2D eigenvalue weighted by atomic mass is 10.4. The minimum absolute atomic E-state index is 0.344. The van der Waals surface area contributed by atoms with E-state index >= 15 is 0 Å². The summed E-state index contributed by atoms with van der Waals surface area (Å²) in [6, 6.07) is 0. The second kappa shape index (κ2) is 56.7. The third-order valence-corrected chi connectivity index (χ3v) is 0.512. The Labute approximate surface area is 90.9 Å². The fraction of sp³-hybridized carbons (Fsp3) is 0.538. The summed E-state index contributed by atoms with van der Waals surface area (Å²) in [5.41, 5.74) is 0. The number of rotatable bonds is 2. The average Bonchev–Trinajstić information content (AvgIpc) is 2.09. The molecule has 1 nitrogen and oxygen atoms in total. The second-order valence-corrected chi connectivity index (χ2v) is 2.30. The van der Waals surface area contributed by atoms with Gasteiger partial charge in [-0.1, -0.05) is 31.6 Å². The first-order valence-electron chi connectivity index (χ1n) is 4.98. The maximum absolute atomic E-state index is 8.07. The van der Waals surface area contributed by atoms with Crippen molar-refractivity contribution < 1.29 is 5.11 Å². The molecule has 14 heavy (non-hydrogen) atoms. The first kappa shape index (κ1) is 23.2. The number of unbranched alkanes of at least 4 members (excludes halogenated alkanes) is 1. The van der Waals surface area contributed by atoms with Crippen molar-refractivity contribution >= 4 is 0 Å². The monoisotopic (exact) mass is 200 g/mol. The molecule has 0 bridgehead atoms. The predicted octanol–water partition coefficient (Wildman–Crippen LogP) is 4.36. The second-order valence-electron chi connectivity index (χ2n) is 2.30. The van der Waals surface area contributed by atoms with Crippen LogP contribution in [0.25, 0.3) is 0 Å². The number of allylic oxidation sites excluding steroid dienone is 3. The van der Waals surface area contributed by atoms with Crippen LogP contribution in [0.5, 0.6) is 0 Å². The van der Waals surface area contributed by atoms with Crippen LogP contribution in [-0.2, 0) is 0 Å². The zero-order chi connectivity index (χ0) is 12.2. The van der Waals surface area contributed by atoms with Gasteiger partial charge in [-0.25, -0.2) is 0 Å². The molecule has 0 saturated heterocycles. The summed E-state index contributed by atoms with van der Waals surface area (Å²) in [5.74, 6) is 0. The third kappa shape index (κ3) is 832. The van der Waals surface area contributed by atoms with E-state index in [0.717, 1.165) is 12.8 Å². The van der Waals surface area contributed by atoms with Crippen LogP contribution in [0.3, 0.4) is 0 Å². The Morgan fingerprint density at radius 3 is 1.14 bits per heavy atom. The van der Waals surface area contributed by atoms with Gasteiger partial charge in [-0.15, -0.1) is 19.7 Å². The molecule has 0 aromatic rings. The molecule has 0 aliphatic carbocycles. The van der Waals surface area contributed by atoms with Gasteiger partial charge in [-0.2, -0.15) is 0 Å². The van der Waals surface area contributed by atoms with Crippen molar-refractivity contribution in [2.24, 2.45) is 0 Å². The molecule has 1 N–H and O–H groups in total. The van der Waals surface area contributed by atoms with Gasteiger partial charge in [-0.05, 0) is 27.2 Å². The van der Waals surface area contributed by atoms with Crippen LogP contribution >= 0.6 is 0 Å². The highest BCUT2D eigenvalue weighted by atomic mass is 16.2. The zero-order valence-corrected chi connectivity index (χ0v) is 10.4. The number of hydrogen-bond donors (Lipinski definition) is 1. The lowest BCUT2D eigenvalue weighted by Gasteiger charge is -1.79. The summed E-state index contributed by atoms with van der Waals surface area (Å²) >= 11 is 0. The van der Waals surface area contributed by atoms with Crippen molar-refractivity contribution in [3.63, 3.8) is 0 Å². The van der Waals surface area contributed by atoms with E-state index in [0.29, 0.717) is 6.61 Å². The smallest absolute Gasteiger partial charge is 0.0430 e. The number of aliphatic hydroxyl groups excluding tert-OH is 1. The van der Waals surface area contributed by atoms with Gasteiger partial charge in [0.1, 0.15) is 0 Å². The van der Waals surface area contributed by atoms with E-state index < -0.39 is 0 Å². The van der Waals surface area contributed by atoms with Gasteiger partial charge in [0.05, 0.1) is 0 Å². The number of hydrogen-bond acceptors (Lipinski definition) is 1. The first-order chi connectivity index (χ1) is 6.66. The van der Waals surface area contributed by atoms with E-state index in [1.807, 2.05) is 20.8 Å². The van der Waals surface area contributed by atoms with Gasteiger partial charge in [0.25, 0.3) is 0 Å². The molecule has 0 spiro atoms. The Morgan fingerprint density at radius 2 is 1.14 bits per heavy atom. The average molecular weight is 200 g/mol. The number of aliphatic hydroxyl groups is 1. The van der Waals surface area contributed by atoms with E-state index in [9.17, 15) is 0 Å². The van der Waals surface area contributed by atoms with Crippen molar-refractivity contribution in [3.8, 4) is 0 Å². The fourth-order valence-electron chi connectivity index (χ4n) is 0.158. The summed E-state index contributed by atoms with van der Waals surface area (Å²) in [4.78, 5) is 0. The SMILES string of the molecule is C=CC.C=CC.C=CC.CCCCO. The van der Waals surface area contributed by atoms with E-state index in [-0.39, 0.29) is 0 Å². The van der Waals surface area contributed by atoms with Crippen molar-refractivity contribution in [3.05, 3.63) is 38.0 Å². The maximum atomic E-state index is 8.07. The maximum Gasteiger partial charge on any atom is 0.0430 e. The molecule has 0 aromatic carbocycles. The predicted molar refractivity (Wildman–Crippen MR) is 69.6 cm³/mol. The van der Waals surface area contributed by atoms with Crippen LogP contribution < -0.4 is 0 Å². The standard InChI is InChI=1S/C4H10O.3C3H6/c1-2-3-4-5;3*1-3-2/h5H,2-4H2,1H3;3*3H,1H2,2H3. The molecule has 0 amide bonds. The molecular weight excluding hydrogens is 172 g/mol. The fourth-order valence-corrected chi connectivity index (χ4v) is 0.158. The molecule has 0 aliphatic heterocycles. The molecule has 0 atom stereocenters. The molecule has 0 radical (unpaired) electrons. The molecule has 0 unspecified atom stereocenters. The Kier molecular flexibility index (Phi) is 94.0. The van der Waals surface area contributed by atoms with Crippen molar-refractivity contribution in [2.75, 3.05) is 6.61 Å². The molecule has 1 heteroatoms. The van der Waals surface area contributed by atoms with E-state index in [1.54, 1.807) is 18.2 Å². The molecule has 0 saturated carbocycles. The normalized spacial score (nSPS) is 5.79. The van der Waals surface area contributed by atoms with Crippen LogP contribution in [0.2, 0.25) is 0 Å². The van der Waals surface area contributed by atoms with Crippen LogP contribution in [0.4, 0.5) is 0 Å². The van der Waals surface area contributed by atoms with Gasteiger partial charge in [0, 0.05) is 6.61 Å². The minimum Gasteiger partial charge on any atom is -0.396 e. The van der Waals surface area contributed by atoms with Gasteiger partial charge < -0.3 is 5.11 Å². The summed E-state index contributed by atoms with van der Waals surface area (Å²) in [5, 5.41) is 8.07. The van der Waals surface area contributed by atoms with Gasteiger partial charge >= 0.3 is 0 Å². The van der Waals surface area contributed by atoms with Crippen LogP contribution in [0.1, 0.15) is 40.5 Å². The Hall–Kier alpha value is -0.820. The summed E-state index contributed by atoms with van der Waals surface area (Å²) in [6.45, 7) is 18.1. The highest BCUT2D eigenvalue weighted by Gasteiger charge is 1.69. The van der Waals surface area contributed by atoms with Crippen molar-refractivity contribution in [1.82, 2.24) is 0 Å². The molecule has 0 rings (SSSR count). The van der Waals surface area contributed by atoms with Gasteiger partial charge in [0.2, 0.25) is 0 Å².